The number of halogens is 3. The average molecular weight is 504 g/mol. The summed E-state index contributed by atoms with van der Waals surface area (Å²) in [4.78, 5) is 27.2. The van der Waals surface area contributed by atoms with Crippen LogP contribution in [0, 0.1) is 0 Å². The van der Waals surface area contributed by atoms with Gasteiger partial charge >= 0.3 is 6.36 Å². The largest absolute Gasteiger partial charge is 0.573 e. The second kappa shape index (κ2) is 9.36. The van der Waals surface area contributed by atoms with Crippen LogP contribution in [0.15, 0.2) is 36.5 Å². The maximum absolute atomic E-state index is 12.9. The molecular formula is C25H28F3N5O3. The van der Waals surface area contributed by atoms with Gasteiger partial charge in [0.25, 0.3) is 5.91 Å². The fourth-order valence-corrected chi connectivity index (χ4v) is 4.94. The van der Waals surface area contributed by atoms with Crippen molar-refractivity contribution in [2.75, 3.05) is 26.2 Å². The lowest BCUT2D eigenvalue weighted by Crippen LogP contribution is -2.47. The molecule has 1 atom stereocenters. The molecule has 11 heteroatoms. The summed E-state index contributed by atoms with van der Waals surface area (Å²) in [5, 5.41) is 3.39. The van der Waals surface area contributed by atoms with Crippen LogP contribution in [-0.2, 0) is 4.74 Å². The number of pyridine rings is 1. The molecule has 36 heavy (non-hydrogen) atoms. The highest BCUT2D eigenvalue weighted by Gasteiger charge is 2.33. The summed E-state index contributed by atoms with van der Waals surface area (Å²) in [5.41, 5.74) is 2.70. The van der Waals surface area contributed by atoms with Gasteiger partial charge in [0.2, 0.25) is 0 Å². The lowest BCUT2D eigenvalue weighted by Gasteiger charge is -2.35. The number of likely N-dealkylation sites (tertiary alicyclic amines) is 1. The number of fused-ring (bicyclic) bond motifs is 1. The van der Waals surface area contributed by atoms with Crippen LogP contribution in [0.5, 0.6) is 5.75 Å². The Kier molecular flexibility index (Phi) is 6.37. The maximum Gasteiger partial charge on any atom is 0.573 e. The molecule has 2 saturated heterocycles. The van der Waals surface area contributed by atoms with E-state index in [1.165, 1.54) is 12.1 Å². The number of carbonyl (C=O) groups is 1. The molecule has 1 unspecified atom stereocenters. The Morgan fingerprint density at radius 1 is 1.17 bits per heavy atom. The summed E-state index contributed by atoms with van der Waals surface area (Å²) in [6.07, 6.45) is -1.69. The Morgan fingerprint density at radius 2 is 1.89 bits per heavy atom. The normalized spacial score (nSPS) is 21.0. The Morgan fingerprint density at radius 3 is 2.56 bits per heavy atom. The number of amides is 1. The van der Waals surface area contributed by atoms with Gasteiger partial charge in [0.1, 0.15) is 17.7 Å². The summed E-state index contributed by atoms with van der Waals surface area (Å²) < 4.78 is 47.2. The lowest BCUT2D eigenvalue weighted by molar-refractivity contribution is -0.274. The molecule has 2 fully saturated rings. The number of hydrogen-bond donors (Lipinski definition) is 2. The number of carbonyl (C=O) groups excluding carboxylic acids is 1. The van der Waals surface area contributed by atoms with Crippen LogP contribution < -0.4 is 10.1 Å². The zero-order valence-corrected chi connectivity index (χ0v) is 20.1. The first-order chi connectivity index (χ1) is 17.1. The summed E-state index contributed by atoms with van der Waals surface area (Å²) in [7, 11) is 0. The number of alkyl halides is 3. The highest BCUT2D eigenvalue weighted by atomic mass is 19.4. The second-order valence-corrected chi connectivity index (χ2v) is 9.86. The van der Waals surface area contributed by atoms with Crippen molar-refractivity contribution < 1.29 is 27.4 Å². The predicted molar refractivity (Wildman–Crippen MR) is 126 cm³/mol. The highest BCUT2D eigenvalue weighted by molar-refractivity contribution is 5.94. The minimum absolute atomic E-state index is 0.191. The molecule has 2 aliphatic heterocycles. The number of nitrogens with zero attached hydrogens (tertiary/aromatic N) is 3. The second-order valence-electron chi connectivity index (χ2n) is 9.86. The molecule has 0 spiro atoms. The van der Waals surface area contributed by atoms with E-state index in [9.17, 15) is 18.0 Å². The molecule has 0 bridgehead atoms. The van der Waals surface area contributed by atoms with Gasteiger partial charge in [-0.3, -0.25) is 4.79 Å². The van der Waals surface area contributed by atoms with Gasteiger partial charge in [-0.25, -0.2) is 9.97 Å². The third kappa shape index (κ3) is 5.31. The Balaban J connectivity index is 1.26. The molecule has 0 saturated carbocycles. The number of aromatic amines is 1. The van der Waals surface area contributed by atoms with Crippen LogP contribution >= 0.6 is 0 Å². The van der Waals surface area contributed by atoms with Gasteiger partial charge in [-0.15, -0.1) is 13.2 Å². The van der Waals surface area contributed by atoms with Crippen molar-refractivity contribution in [2.24, 2.45) is 0 Å². The molecule has 1 aromatic carbocycles. The van der Waals surface area contributed by atoms with Gasteiger partial charge < -0.3 is 24.7 Å². The van der Waals surface area contributed by atoms with Crippen molar-refractivity contribution in [1.29, 1.82) is 0 Å². The smallest absolute Gasteiger partial charge is 0.406 e. The summed E-state index contributed by atoms with van der Waals surface area (Å²) in [6.45, 7) is 6.60. The predicted octanol–water partition coefficient (Wildman–Crippen LogP) is 4.32. The summed E-state index contributed by atoms with van der Waals surface area (Å²) >= 11 is 0. The number of benzene rings is 1. The number of morpholine rings is 1. The number of hydrogen-bond acceptors (Lipinski definition) is 6. The fourth-order valence-electron chi connectivity index (χ4n) is 4.94. The third-order valence-electron chi connectivity index (χ3n) is 6.65. The van der Waals surface area contributed by atoms with Gasteiger partial charge in [-0.2, -0.15) is 0 Å². The first kappa shape index (κ1) is 24.5. The average Bonchev–Trinajstić information content (AvgIpc) is 3.27. The Hall–Kier alpha value is -3.18. The number of piperidine rings is 1. The van der Waals surface area contributed by atoms with Gasteiger partial charge in [0, 0.05) is 37.9 Å². The molecule has 4 heterocycles. The van der Waals surface area contributed by atoms with Crippen LogP contribution in [0.3, 0.4) is 0 Å². The molecule has 2 aromatic heterocycles. The number of aromatic nitrogens is 3. The minimum Gasteiger partial charge on any atom is -0.406 e. The van der Waals surface area contributed by atoms with Crippen molar-refractivity contribution in [3.63, 3.8) is 0 Å². The standard InChI is InChI=1S/C25H28F3N5O3/c1-24(2)14-29-13-19(36-24)21-31-20-18(7-10-30-22(20)32-21)15-8-11-33(12-9-15)23(34)16-3-5-17(6-4-16)35-25(26,27)28/h3-7,10,15,19,29H,8-9,11-14H2,1-2H3,(H,30,31,32). The minimum atomic E-state index is -4.77. The van der Waals surface area contributed by atoms with Crippen LogP contribution in [0.25, 0.3) is 11.2 Å². The molecule has 3 aromatic rings. The molecule has 8 nitrogen and oxygen atoms in total. The Labute approximate surface area is 206 Å². The van der Waals surface area contributed by atoms with Gasteiger partial charge in [0.15, 0.2) is 5.65 Å². The van der Waals surface area contributed by atoms with Crippen LogP contribution in [0.4, 0.5) is 13.2 Å². The van der Waals surface area contributed by atoms with E-state index in [1.54, 1.807) is 11.1 Å². The van der Waals surface area contributed by atoms with Crippen molar-refractivity contribution in [3.8, 4) is 5.75 Å². The van der Waals surface area contributed by atoms with Crippen molar-refractivity contribution in [3.05, 3.63) is 53.5 Å². The quantitative estimate of drug-likeness (QED) is 0.551. The number of ether oxygens (including phenoxy) is 2. The monoisotopic (exact) mass is 503 g/mol. The Bertz CT molecular complexity index is 1230. The van der Waals surface area contributed by atoms with Gasteiger partial charge in [-0.1, -0.05) is 0 Å². The van der Waals surface area contributed by atoms with Crippen molar-refractivity contribution >= 4 is 17.1 Å². The van der Waals surface area contributed by atoms with E-state index in [1.807, 2.05) is 19.9 Å². The van der Waals surface area contributed by atoms with E-state index >= 15 is 0 Å². The van der Waals surface area contributed by atoms with Crippen LogP contribution in [-0.4, -0.2) is 63.9 Å². The molecule has 0 radical (unpaired) electrons. The van der Waals surface area contributed by atoms with Crippen LogP contribution in [0.1, 0.15) is 60.5 Å². The molecule has 2 aliphatic rings. The van der Waals surface area contributed by atoms with E-state index in [0.29, 0.717) is 30.8 Å². The van der Waals surface area contributed by atoms with Crippen molar-refractivity contribution in [1.82, 2.24) is 25.2 Å². The SMILES string of the molecule is CC1(C)CNCC(c2nc3nccc(C4CCN(C(=O)c5ccc(OC(F)(F)F)cc5)CC4)c3[nH]2)O1. The number of imidazole rings is 1. The topological polar surface area (TPSA) is 92.4 Å². The molecule has 192 valence electrons. The molecule has 5 rings (SSSR count). The third-order valence-corrected chi connectivity index (χ3v) is 6.65. The molecule has 1 amide bonds. The van der Waals surface area contributed by atoms with Gasteiger partial charge in [0.05, 0.1) is 11.1 Å². The number of nitrogens with one attached hydrogen (secondary N) is 2. The fraction of sp³-hybridized carbons (Fsp3) is 0.480. The van der Waals surface area contributed by atoms with Gasteiger partial charge in [-0.05, 0) is 68.5 Å². The zero-order chi connectivity index (χ0) is 25.5. The lowest BCUT2D eigenvalue weighted by atomic mass is 9.89. The number of H-pyrrole nitrogens is 1. The van der Waals surface area contributed by atoms with E-state index in [4.69, 9.17) is 9.72 Å². The van der Waals surface area contributed by atoms with Crippen molar-refractivity contribution in [2.45, 2.75) is 50.7 Å². The van der Waals surface area contributed by atoms with E-state index in [0.717, 1.165) is 48.4 Å². The first-order valence-corrected chi connectivity index (χ1v) is 12.0. The van der Waals surface area contributed by atoms with Crippen LogP contribution in [0.2, 0.25) is 0 Å². The maximum atomic E-state index is 12.9. The molecular weight excluding hydrogens is 475 g/mol. The van der Waals surface area contributed by atoms with E-state index in [-0.39, 0.29) is 29.3 Å². The molecule has 2 N–H and O–H groups in total. The van der Waals surface area contributed by atoms with E-state index in [2.05, 4.69) is 20.0 Å². The number of rotatable bonds is 4. The molecule has 0 aliphatic carbocycles. The first-order valence-electron chi connectivity index (χ1n) is 12.0. The summed E-state index contributed by atoms with van der Waals surface area (Å²) in [6, 6.07) is 7.03. The summed E-state index contributed by atoms with van der Waals surface area (Å²) in [5.74, 6) is 0.407. The zero-order valence-electron chi connectivity index (χ0n) is 20.1. The highest BCUT2D eigenvalue weighted by Crippen LogP contribution is 2.34. The van der Waals surface area contributed by atoms with E-state index < -0.39 is 6.36 Å².